The minimum absolute atomic E-state index is 0.0636. The fourth-order valence-electron chi connectivity index (χ4n) is 1.99. The van der Waals surface area contributed by atoms with Crippen LogP contribution in [0.3, 0.4) is 0 Å². The highest BCUT2D eigenvalue weighted by molar-refractivity contribution is 5.94. The lowest BCUT2D eigenvalue weighted by Crippen LogP contribution is -2.21. The largest absolute Gasteiger partial charge is 0.355 e. The Labute approximate surface area is 86.1 Å². The van der Waals surface area contributed by atoms with E-state index in [1.54, 1.807) is 7.05 Å². The van der Waals surface area contributed by atoms with Gasteiger partial charge >= 0.3 is 0 Å². The zero-order valence-electron chi connectivity index (χ0n) is 9.10. The first-order chi connectivity index (χ1) is 6.69. The van der Waals surface area contributed by atoms with Crippen molar-refractivity contribution in [3.8, 4) is 0 Å². The topological polar surface area (TPSA) is 29.1 Å². The van der Waals surface area contributed by atoms with Crippen molar-refractivity contribution >= 4 is 5.91 Å². The molecule has 1 amide bonds. The van der Waals surface area contributed by atoms with Crippen LogP contribution in [0.5, 0.6) is 0 Å². The Balaban J connectivity index is 2.94. The van der Waals surface area contributed by atoms with Gasteiger partial charge in [0, 0.05) is 12.6 Å². The van der Waals surface area contributed by atoms with Crippen LogP contribution in [0.15, 0.2) is 23.8 Å². The molecule has 0 radical (unpaired) electrons. The van der Waals surface area contributed by atoms with Crippen LogP contribution in [0.1, 0.15) is 32.6 Å². The van der Waals surface area contributed by atoms with E-state index < -0.39 is 0 Å². The van der Waals surface area contributed by atoms with Crippen LogP contribution < -0.4 is 5.32 Å². The molecule has 1 atom stereocenters. The fraction of sp³-hybridized carbons (Fsp3) is 0.583. The van der Waals surface area contributed by atoms with Crippen molar-refractivity contribution in [2.24, 2.45) is 5.92 Å². The highest BCUT2D eigenvalue weighted by Gasteiger charge is 2.18. The van der Waals surface area contributed by atoms with Gasteiger partial charge in [-0.2, -0.15) is 0 Å². The smallest absolute Gasteiger partial charge is 0.247 e. The Kier molecular flexibility index (Phi) is 3.93. The van der Waals surface area contributed by atoms with Crippen LogP contribution in [0.4, 0.5) is 0 Å². The van der Waals surface area contributed by atoms with Gasteiger partial charge in [-0.1, -0.05) is 26.0 Å². The Bertz CT molecular complexity index is 265. The molecule has 0 aromatic rings. The summed E-state index contributed by atoms with van der Waals surface area (Å²) in [6.45, 7) is 5.98. The minimum atomic E-state index is 0.0636. The molecular formula is C12H19NO. The molecule has 0 saturated carbocycles. The van der Waals surface area contributed by atoms with Crippen molar-refractivity contribution in [3.63, 3.8) is 0 Å². The maximum absolute atomic E-state index is 11.6. The Morgan fingerprint density at radius 1 is 1.64 bits per heavy atom. The van der Waals surface area contributed by atoms with Gasteiger partial charge in [0.05, 0.1) is 0 Å². The monoisotopic (exact) mass is 193 g/mol. The number of allylic oxidation sites excluding steroid dienone is 2. The summed E-state index contributed by atoms with van der Waals surface area (Å²) >= 11 is 0. The van der Waals surface area contributed by atoms with E-state index in [1.165, 1.54) is 12.8 Å². The quantitative estimate of drug-likeness (QED) is 0.717. The maximum Gasteiger partial charge on any atom is 0.247 e. The molecule has 0 fully saturated rings. The first-order valence-electron chi connectivity index (χ1n) is 5.25. The lowest BCUT2D eigenvalue weighted by Gasteiger charge is -2.10. The van der Waals surface area contributed by atoms with Crippen molar-refractivity contribution in [2.75, 3.05) is 7.05 Å². The minimum Gasteiger partial charge on any atom is -0.355 e. The van der Waals surface area contributed by atoms with Gasteiger partial charge in [0.1, 0.15) is 0 Å². The molecule has 0 aromatic carbocycles. The Morgan fingerprint density at radius 3 is 2.93 bits per heavy atom. The Hall–Kier alpha value is -1.05. The normalized spacial score (nSPS) is 22.9. The van der Waals surface area contributed by atoms with E-state index in [0.29, 0.717) is 5.92 Å². The van der Waals surface area contributed by atoms with E-state index >= 15 is 0 Å². The zero-order chi connectivity index (χ0) is 10.6. The predicted molar refractivity (Wildman–Crippen MR) is 58.9 cm³/mol. The second kappa shape index (κ2) is 4.99. The molecule has 0 aromatic heterocycles. The lowest BCUT2D eigenvalue weighted by molar-refractivity contribution is -0.117. The molecule has 1 unspecified atom stereocenters. The molecule has 0 heterocycles. The summed E-state index contributed by atoms with van der Waals surface area (Å²) in [5.41, 5.74) is 2.07. The van der Waals surface area contributed by atoms with Crippen molar-refractivity contribution in [1.82, 2.24) is 5.32 Å². The van der Waals surface area contributed by atoms with Crippen LogP contribution in [0, 0.1) is 5.92 Å². The van der Waals surface area contributed by atoms with Gasteiger partial charge in [0.2, 0.25) is 5.91 Å². The second-order valence-electron chi connectivity index (χ2n) is 3.99. The SMILES string of the molecule is C=CC1=C(C(=O)NC)CC(C)CCC1. The van der Waals surface area contributed by atoms with Gasteiger partial charge in [0.25, 0.3) is 0 Å². The first kappa shape index (κ1) is 11.0. The van der Waals surface area contributed by atoms with E-state index in [-0.39, 0.29) is 5.91 Å². The highest BCUT2D eigenvalue weighted by atomic mass is 16.1. The number of hydrogen-bond donors (Lipinski definition) is 1. The summed E-state index contributed by atoms with van der Waals surface area (Å²) in [7, 11) is 1.69. The summed E-state index contributed by atoms with van der Waals surface area (Å²) in [6, 6.07) is 0. The first-order valence-corrected chi connectivity index (χ1v) is 5.25. The van der Waals surface area contributed by atoms with Gasteiger partial charge in [-0.05, 0) is 30.8 Å². The molecule has 0 spiro atoms. The number of likely N-dealkylation sites (N-methyl/N-ethyl adjacent to an activating group) is 1. The predicted octanol–water partition coefficient (Wildman–Crippen LogP) is 2.43. The molecule has 0 bridgehead atoms. The summed E-state index contributed by atoms with van der Waals surface area (Å²) in [5, 5.41) is 2.70. The number of carbonyl (C=O) groups is 1. The van der Waals surface area contributed by atoms with E-state index in [0.717, 1.165) is 24.0 Å². The van der Waals surface area contributed by atoms with E-state index in [2.05, 4.69) is 18.8 Å². The lowest BCUT2D eigenvalue weighted by atomic mass is 9.98. The molecule has 78 valence electrons. The van der Waals surface area contributed by atoms with E-state index in [9.17, 15) is 4.79 Å². The number of amides is 1. The molecule has 0 saturated heterocycles. The van der Waals surface area contributed by atoms with Crippen LogP contribution >= 0.6 is 0 Å². The number of rotatable bonds is 2. The molecule has 2 nitrogen and oxygen atoms in total. The zero-order valence-corrected chi connectivity index (χ0v) is 9.10. The molecule has 1 N–H and O–H groups in total. The molecule has 1 aliphatic rings. The third-order valence-electron chi connectivity index (χ3n) is 2.83. The maximum atomic E-state index is 11.6. The molecule has 1 aliphatic carbocycles. The average molecular weight is 193 g/mol. The van der Waals surface area contributed by atoms with Crippen LogP contribution in [0.2, 0.25) is 0 Å². The van der Waals surface area contributed by atoms with E-state index in [1.807, 2.05) is 6.08 Å². The van der Waals surface area contributed by atoms with Gasteiger partial charge in [-0.15, -0.1) is 0 Å². The molecule has 14 heavy (non-hydrogen) atoms. The van der Waals surface area contributed by atoms with Gasteiger partial charge in [-0.3, -0.25) is 4.79 Å². The fourth-order valence-corrected chi connectivity index (χ4v) is 1.99. The highest BCUT2D eigenvalue weighted by Crippen LogP contribution is 2.28. The van der Waals surface area contributed by atoms with Crippen LogP contribution in [-0.4, -0.2) is 13.0 Å². The van der Waals surface area contributed by atoms with Crippen LogP contribution in [-0.2, 0) is 4.79 Å². The third kappa shape index (κ3) is 2.47. The Morgan fingerprint density at radius 2 is 2.36 bits per heavy atom. The summed E-state index contributed by atoms with van der Waals surface area (Å²) in [4.78, 5) is 11.6. The van der Waals surface area contributed by atoms with Crippen molar-refractivity contribution < 1.29 is 4.79 Å². The number of carbonyl (C=O) groups excluding carboxylic acids is 1. The summed E-state index contributed by atoms with van der Waals surface area (Å²) in [6.07, 6.45) is 6.10. The summed E-state index contributed by atoms with van der Waals surface area (Å²) in [5.74, 6) is 0.674. The molecule has 0 aliphatic heterocycles. The van der Waals surface area contributed by atoms with Crippen molar-refractivity contribution in [1.29, 1.82) is 0 Å². The average Bonchev–Trinajstić information content (AvgIpc) is 2.38. The second-order valence-corrected chi connectivity index (χ2v) is 3.99. The van der Waals surface area contributed by atoms with Gasteiger partial charge in [0.15, 0.2) is 0 Å². The van der Waals surface area contributed by atoms with Crippen LogP contribution in [0.25, 0.3) is 0 Å². The number of nitrogens with one attached hydrogen (secondary N) is 1. The van der Waals surface area contributed by atoms with Gasteiger partial charge < -0.3 is 5.32 Å². The van der Waals surface area contributed by atoms with Crippen molar-refractivity contribution in [2.45, 2.75) is 32.6 Å². The van der Waals surface area contributed by atoms with E-state index in [4.69, 9.17) is 0 Å². The number of hydrogen-bond acceptors (Lipinski definition) is 1. The molecule has 1 rings (SSSR count). The van der Waals surface area contributed by atoms with Gasteiger partial charge in [-0.25, -0.2) is 0 Å². The standard InChI is InChI=1S/C12H19NO/c1-4-10-7-5-6-9(2)8-11(10)12(14)13-3/h4,9H,1,5-8H2,2-3H3,(H,13,14). The molecular weight excluding hydrogens is 174 g/mol. The van der Waals surface area contributed by atoms with Crippen molar-refractivity contribution in [3.05, 3.63) is 23.8 Å². The summed E-state index contributed by atoms with van der Waals surface area (Å²) < 4.78 is 0. The molecule has 2 heteroatoms. The third-order valence-corrected chi connectivity index (χ3v) is 2.83.